The highest BCUT2D eigenvalue weighted by molar-refractivity contribution is 6.15. The van der Waals surface area contributed by atoms with Gasteiger partial charge in [-0.15, -0.1) is 0 Å². The number of rotatable bonds is 3. The van der Waals surface area contributed by atoms with Gasteiger partial charge in [0.15, 0.2) is 5.76 Å². The fraction of sp³-hybridized carbons (Fsp3) is 0.0769. The van der Waals surface area contributed by atoms with Crippen LogP contribution in [-0.4, -0.2) is 11.8 Å². The van der Waals surface area contributed by atoms with E-state index in [1.165, 1.54) is 0 Å². The van der Waals surface area contributed by atoms with E-state index >= 15 is 0 Å². The number of fused-ring (bicyclic) bond motifs is 2. The molecule has 0 bridgehead atoms. The van der Waals surface area contributed by atoms with Gasteiger partial charge in [-0.05, 0) is 55.3 Å². The number of allylic oxidation sites excluding steroid dienone is 1. The van der Waals surface area contributed by atoms with Gasteiger partial charge in [0.25, 0.3) is 0 Å². The summed E-state index contributed by atoms with van der Waals surface area (Å²) in [6.45, 7) is 3.73. The normalized spacial score (nSPS) is 14.0. The molecule has 0 amide bonds. The van der Waals surface area contributed by atoms with Crippen molar-refractivity contribution in [1.82, 2.24) is 0 Å². The number of furan rings is 1. The van der Waals surface area contributed by atoms with Crippen LogP contribution in [0.15, 0.2) is 76.9 Å². The molecule has 0 saturated heterocycles. The zero-order valence-electron chi connectivity index (χ0n) is 17.0. The van der Waals surface area contributed by atoms with E-state index in [0.29, 0.717) is 28.2 Å². The topological polar surface area (TPSA) is 65.7 Å². The number of hydrogen-bond donors (Lipinski definition) is 0. The predicted molar refractivity (Wildman–Crippen MR) is 116 cm³/mol. The SMILES string of the molecule is Cc1ccccc1/C=C1\Oc2c(ccc(OC(=O)c3cc4ccccc4o3)c2C)C1=O. The minimum Gasteiger partial charge on any atom is -0.452 e. The van der Waals surface area contributed by atoms with Crippen molar-refractivity contribution < 1.29 is 23.5 Å². The average Bonchev–Trinajstić information content (AvgIpc) is 3.34. The molecule has 0 spiro atoms. The summed E-state index contributed by atoms with van der Waals surface area (Å²) in [5.74, 6) is 0.260. The summed E-state index contributed by atoms with van der Waals surface area (Å²) in [4.78, 5) is 25.4. The molecule has 2 heterocycles. The van der Waals surface area contributed by atoms with E-state index in [2.05, 4.69) is 0 Å². The molecule has 0 aliphatic carbocycles. The number of para-hydroxylation sites is 1. The van der Waals surface area contributed by atoms with E-state index in [-0.39, 0.29) is 17.3 Å². The molecule has 0 unspecified atom stereocenters. The predicted octanol–water partition coefficient (Wildman–Crippen LogP) is 5.89. The molecule has 5 rings (SSSR count). The number of carbonyl (C=O) groups is 2. The monoisotopic (exact) mass is 410 g/mol. The second-order valence-corrected chi connectivity index (χ2v) is 7.40. The molecule has 0 radical (unpaired) electrons. The van der Waals surface area contributed by atoms with Crippen molar-refractivity contribution >= 4 is 28.8 Å². The van der Waals surface area contributed by atoms with Crippen LogP contribution in [0.1, 0.15) is 37.6 Å². The van der Waals surface area contributed by atoms with Crippen molar-refractivity contribution in [2.75, 3.05) is 0 Å². The summed E-state index contributed by atoms with van der Waals surface area (Å²) in [6, 6.07) is 20.0. The Bertz CT molecular complexity index is 1360. The zero-order valence-corrected chi connectivity index (χ0v) is 17.0. The van der Waals surface area contributed by atoms with Gasteiger partial charge in [-0.3, -0.25) is 4.79 Å². The first-order chi connectivity index (χ1) is 15.0. The Kier molecular flexibility index (Phi) is 4.44. The third kappa shape index (κ3) is 3.30. The molecule has 5 nitrogen and oxygen atoms in total. The Hall–Kier alpha value is -4.12. The third-order valence-corrected chi connectivity index (χ3v) is 5.34. The highest BCUT2D eigenvalue weighted by Crippen LogP contribution is 2.39. The van der Waals surface area contributed by atoms with Crippen LogP contribution in [-0.2, 0) is 0 Å². The molecule has 152 valence electrons. The van der Waals surface area contributed by atoms with Crippen molar-refractivity contribution in [2.45, 2.75) is 13.8 Å². The summed E-state index contributed by atoms with van der Waals surface area (Å²) in [7, 11) is 0. The highest BCUT2D eigenvalue weighted by atomic mass is 16.5. The third-order valence-electron chi connectivity index (χ3n) is 5.34. The summed E-state index contributed by atoms with van der Waals surface area (Å²) >= 11 is 0. The van der Waals surface area contributed by atoms with Crippen LogP contribution >= 0.6 is 0 Å². The van der Waals surface area contributed by atoms with E-state index in [9.17, 15) is 9.59 Å². The Morgan fingerprint density at radius 2 is 1.74 bits per heavy atom. The van der Waals surface area contributed by atoms with Crippen LogP contribution in [0.2, 0.25) is 0 Å². The molecule has 1 aliphatic rings. The number of ether oxygens (including phenoxy) is 2. The van der Waals surface area contributed by atoms with Gasteiger partial charge in [-0.2, -0.15) is 0 Å². The number of carbonyl (C=O) groups excluding carboxylic acids is 2. The van der Waals surface area contributed by atoms with Gasteiger partial charge in [0.1, 0.15) is 17.1 Å². The molecule has 1 aromatic heterocycles. The molecule has 0 atom stereocenters. The van der Waals surface area contributed by atoms with E-state index in [0.717, 1.165) is 16.5 Å². The first kappa shape index (κ1) is 18.9. The fourth-order valence-corrected chi connectivity index (χ4v) is 3.60. The number of benzene rings is 3. The van der Waals surface area contributed by atoms with Crippen LogP contribution in [0.25, 0.3) is 17.0 Å². The number of esters is 1. The Morgan fingerprint density at radius 3 is 2.55 bits per heavy atom. The average molecular weight is 410 g/mol. The smallest absolute Gasteiger partial charge is 0.379 e. The molecular weight excluding hydrogens is 392 g/mol. The maximum Gasteiger partial charge on any atom is 0.379 e. The lowest BCUT2D eigenvalue weighted by atomic mass is 10.0. The highest BCUT2D eigenvalue weighted by Gasteiger charge is 2.31. The maximum absolute atomic E-state index is 12.8. The number of ketones is 1. The van der Waals surface area contributed by atoms with Crippen LogP contribution in [0, 0.1) is 13.8 Å². The van der Waals surface area contributed by atoms with Crippen molar-refractivity contribution in [3.8, 4) is 11.5 Å². The fourth-order valence-electron chi connectivity index (χ4n) is 3.60. The number of aryl methyl sites for hydroxylation is 1. The summed E-state index contributed by atoms with van der Waals surface area (Å²) < 4.78 is 17.0. The van der Waals surface area contributed by atoms with Crippen molar-refractivity contribution in [2.24, 2.45) is 0 Å². The zero-order chi connectivity index (χ0) is 21.5. The molecule has 0 saturated carbocycles. The van der Waals surface area contributed by atoms with Gasteiger partial charge in [0.2, 0.25) is 11.5 Å². The second-order valence-electron chi connectivity index (χ2n) is 7.40. The molecule has 1 aliphatic heterocycles. The van der Waals surface area contributed by atoms with Crippen molar-refractivity contribution in [1.29, 1.82) is 0 Å². The van der Waals surface area contributed by atoms with Crippen LogP contribution in [0.5, 0.6) is 11.5 Å². The van der Waals surface area contributed by atoms with Gasteiger partial charge in [-0.1, -0.05) is 42.5 Å². The van der Waals surface area contributed by atoms with Gasteiger partial charge < -0.3 is 13.9 Å². The van der Waals surface area contributed by atoms with Crippen LogP contribution < -0.4 is 9.47 Å². The first-order valence-electron chi connectivity index (χ1n) is 9.85. The molecule has 0 fully saturated rings. The standard InChI is InChI=1S/C26H18O5/c1-15-7-3-4-8-17(15)13-22-24(27)19-11-12-20(16(2)25(19)30-22)31-26(28)23-14-18-9-5-6-10-21(18)29-23/h3-14H,1-2H3/b22-13-. The molecular formula is C26H18O5. The largest absolute Gasteiger partial charge is 0.452 e. The van der Waals surface area contributed by atoms with Gasteiger partial charge in [0.05, 0.1) is 5.56 Å². The van der Waals surface area contributed by atoms with E-state index in [1.54, 1.807) is 37.3 Å². The summed E-state index contributed by atoms with van der Waals surface area (Å²) in [5.41, 5.74) is 3.58. The van der Waals surface area contributed by atoms with E-state index in [1.807, 2.05) is 49.4 Å². The van der Waals surface area contributed by atoms with Gasteiger partial charge in [-0.25, -0.2) is 4.79 Å². The Balaban J connectivity index is 1.43. The van der Waals surface area contributed by atoms with Crippen molar-refractivity contribution in [3.05, 3.63) is 101 Å². The molecule has 4 aromatic rings. The quantitative estimate of drug-likeness (QED) is 0.240. The maximum atomic E-state index is 12.8. The summed E-state index contributed by atoms with van der Waals surface area (Å²) in [5, 5.41) is 0.819. The Labute approximate surface area is 178 Å². The molecule has 3 aromatic carbocycles. The lowest BCUT2D eigenvalue weighted by Gasteiger charge is -2.09. The van der Waals surface area contributed by atoms with E-state index < -0.39 is 5.97 Å². The minimum absolute atomic E-state index is 0.109. The van der Waals surface area contributed by atoms with Gasteiger partial charge >= 0.3 is 5.97 Å². The number of Topliss-reactive ketones (excluding diaryl/α,β-unsaturated/α-hetero) is 1. The second kappa shape index (κ2) is 7.29. The molecule has 5 heteroatoms. The first-order valence-corrected chi connectivity index (χ1v) is 9.85. The Morgan fingerprint density at radius 1 is 0.968 bits per heavy atom. The van der Waals surface area contributed by atoms with Crippen LogP contribution in [0.3, 0.4) is 0 Å². The molecule has 31 heavy (non-hydrogen) atoms. The van der Waals surface area contributed by atoms with Gasteiger partial charge in [0, 0.05) is 10.9 Å². The lowest BCUT2D eigenvalue weighted by molar-refractivity contribution is 0.0702. The van der Waals surface area contributed by atoms with Crippen LogP contribution in [0.4, 0.5) is 0 Å². The minimum atomic E-state index is -0.612. The van der Waals surface area contributed by atoms with Crippen molar-refractivity contribution in [3.63, 3.8) is 0 Å². The van der Waals surface area contributed by atoms with E-state index in [4.69, 9.17) is 13.9 Å². The lowest BCUT2D eigenvalue weighted by Crippen LogP contribution is -2.08. The molecule has 0 N–H and O–H groups in total. The summed E-state index contributed by atoms with van der Waals surface area (Å²) in [6.07, 6.45) is 1.73. The number of hydrogen-bond acceptors (Lipinski definition) is 5.